The van der Waals surface area contributed by atoms with Crippen molar-refractivity contribution >= 4 is 0 Å². The van der Waals surface area contributed by atoms with Gasteiger partial charge in [0.1, 0.15) is 0 Å². The molecule has 0 N–H and O–H groups in total. The maximum atomic E-state index is 11.3. The van der Waals surface area contributed by atoms with Crippen LogP contribution in [0, 0.1) is 5.92 Å². The summed E-state index contributed by atoms with van der Waals surface area (Å²) in [4.78, 5) is 0. The van der Waals surface area contributed by atoms with Gasteiger partial charge in [-0.2, -0.15) is 0 Å². The fourth-order valence-electron chi connectivity index (χ4n) is 0.624. The average Bonchev–Trinajstić information content (AvgIpc) is 2.13. The molecule has 4 heteroatoms. The highest BCUT2D eigenvalue weighted by molar-refractivity contribution is 4.83. The zero-order valence-electron chi connectivity index (χ0n) is 4.90. The van der Waals surface area contributed by atoms with Gasteiger partial charge in [0.2, 0.25) is 0 Å². The van der Waals surface area contributed by atoms with E-state index in [0.29, 0.717) is 6.42 Å². The molecule has 0 aromatic carbocycles. The second-order valence-corrected chi connectivity index (χ2v) is 2.32. The van der Waals surface area contributed by atoms with Crippen LogP contribution in [0.5, 0.6) is 0 Å². The van der Waals surface area contributed by atoms with Crippen LogP contribution in [-0.2, 0) is 4.74 Å². The highest BCUT2D eigenvalue weighted by Gasteiger charge is 2.43. The third kappa shape index (κ3) is 2.22. The summed E-state index contributed by atoms with van der Waals surface area (Å²) in [7, 11) is 0. The Morgan fingerprint density at radius 1 is 1.44 bits per heavy atom. The molecule has 2 unspecified atom stereocenters. The number of alkyl halides is 3. The summed E-state index contributed by atoms with van der Waals surface area (Å²) in [5.41, 5.74) is 0. The molecule has 0 spiro atoms. The Hall–Kier alpha value is -0.250. The predicted octanol–water partition coefficient (Wildman–Crippen LogP) is 1.93. The average molecular weight is 140 g/mol. The van der Waals surface area contributed by atoms with Gasteiger partial charge in [0.15, 0.2) is 0 Å². The lowest BCUT2D eigenvalue weighted by atomic mass is 10.5. The number of hydrogen-bond acceptors (Lipinski definition) is 1. The van der Waals surface area contributed by atoms with E-state index in [4.69, 9.17) is 0 Å². The van der Waals surface area contributed by atoms with Crippen LogP contribution in [0.4, 0.5) is 13.2 Å². The van der Waals surface area contributed by atoms with E-state index < -0.39 is 12.5 Å². The second-order valence-electron chi connectivity index (χ2n) is 2.32. The third-order valence-corrected chi connectivity index (χ3v) is 1.32. The SMILES string of the molecule is CC1CC1OC(F)(F)F. The van der Waals surface area contributed by atoms with Crippen molar-refractivity contribution in [2.45, 2.75) is 25.8 Å². The molecule has 0 amide bonds. The molecule has 9 heavy (non-hydrogen) atoms. The van der Waals surface area contributed by atoms with E-state index in [-0.39, 0.29) is 5.92 Å². The van der Waals surface area contributed by atoms with Gasteiger partial charge in [-0.25, -0.2) is 0 Å². The first kappa shape index (κ1) is 6.86. The lowest BCUT2D eigenvalue weighted by Crippen LogP contribution is -2.15. The molecule has 1 fully saturated rings. The maximum Gasteiger partial charge on any atom is 0.522 e. The van der Waals surface area contributed by atoms with Crippen LogP contribution in [0.25, 0.3) is 0 Å². The Morgan fingerprint density at radius 2 is 1.89 bits per heavy atom. The fourth-order valence-corrected chi connectivity index (χ4v) is 0.624. The summed E-state index contributed by atoms with van der Waals surface area (Å²) >= 11 is 0. The Morgan fingerprint density at radius 3 is 2.00 bits per heavy atom. The largest absolute Gasteiger partial charge is 0.522 e. The fraction of sp³-hybridized carbons (Fsp3) is 1.00. The van der Waals surface area contributed by atoms with E-state index in [1.54, 1.807) is 6.92 Å². The van der Waals surface area contributed by atoms with Crippen LogP contribution in [0.3, 0.4) is 0 Å². The summed E-state index contributed by atoms with van der Waals surface area (Å²) in [6.45, 7) is 1.73. The number of rotatable bonds is 1. The lowest BCUT2D eigenvalue weighted by molar-refractivity contribution is -0.331. The monoisotopic (exact) mass is 140 g/mol. The molecule has 0 heterocycles. The van der Waals surface area contributed by atoms with Gasteiger partial charge >= 0.3 is 6.36 Å². The summed E-state index contributed by atoms with van der Waals surface area (Å²) in [6.07, 6.45) is -4.46. The molecule has 1 aliphatic carbocycles. The molecular weight excluding hydrogens is 133 g/mol. The van der Waals surface area contributed by atoms with Crippen molar-refractivity contribution in [3.05, 3.63) is 0 Å². The molecule has 54 valence electrons. The van der Waals surface area contributed by atoms with Gasteiger partial charge in [-0.05, 0) is 12.3 Å². The Balaban J connectivity index is 2.19. The molecule has 1 rings (SSSR count). The van der Waals surface area contributed by atoms with E-state index in [1.165, 1.54) is 0 Å². The van der Waals surface area contributed by atoms with E-state index in [2.05, 4.69) is 4.74 Å². The molecule has 1 aliphatic rings. The summed E-state index contributed by atoms with van der Waals surface area (Å²) in [5.74, 6) is 0.0895. The van der Waals surface area contributed by atoms with Crippen molar-refractivity contribution in [2.75, 3.05) is 0 Å². The van der Waals surface area contributed by atoms with Crippen molar-refractivity contribution < 1.29 is 17.9 Å². The number of hydrogen-bond donors (Lipinski definition) is 0. The highest BCUT2D eigenvalue weighted by atomic mass is 19.4. The first-order valence-corrected chi connectivity index (χ1v) is 2.73. The van der Waals surface area contributed by atoms with Gasteiger partial charge in [-0.1, -0.05) is 6.92 Å². The lowest BCUT2D eigenvalue weighted by Gasteiger charge is -2.04. The quantitative estimate of drug-likeness (QED) is 0.540. The van der Waals surface area contributed by atoms with Crippen molar-refractivity contribution in [1.82, 2.24) is 0 Å². The van der Waals surface area contributed by atoms with Gasteiger partial charge in [-0.15, -0.1) is 13.2 Å². The number of ether oxygens (including phenoxy) is 1. The molecule has 2 atom stereocenters. The van der Waals surface area contributed by atoms with Gasteiger partial charge < -0.3 is 0 Å². The first-order chi connectivity index (χ1) is 3.99. The number of halogens is 3. The van der Waals surface area contributed by atoms with Gasteiger partial charge in [0.25, 0.3) is 0 Å². The Labute approximate surface area is 50.8 Å². The molecule has 0 saturated heterocycles. The molecule has 0 aliphatic heterocycles. The molecule has 0 aromatic heterocycles. The van der Waals surface area contributed by atoms with Crippen molar-refractivity contribution in [1.29, 1.82) is 0 Å². The van der Waals surface area contributed by atoms with Gasteiger partial charge in [-0.3, -0.25) is 4.74 Å². The molecule has 0 aromatic rings. The minimum atomic E-state index is -4.44. The van der Waals surface area contributed by atoms with Crippen LogP contribution in [0.15, 0.2) is 0 Å². The maximum absolute atomic E-state index is 11.3. The zero-order valence-corrected chi connectivity index (χ0v) is 4.90. The van der Waals surface area contributed by atoms with E-state index in [1.807, 2.05) is 0 Å². The van der Waals surface area contributed by atoms with E-state index in [9.17, 15) is 13.2 Å². The van der Waals surface area contributed by atoms with Gasteiger partial charge in [0.05, 0.1) is 6.10 Å². The Bertz CT molecular complexity index is 109. The van der Waals surface area contributed by atoms with E-state index in [0.717, 1.165) is 0 Å². The smallest absolute Gasteiger partial charge is 0.288 e. The summed E-state index contributed by atoms with van der Waals surface area (Å²) in [6, 6.07) is 0. The van der Waals surface area contributed by atoms with E-state index >= 15 is 0 Å². The molecule has 1 nitrogen and oxygen atoms in total. The Kier molecular flexibility index (Phi) is 1.42. The third-order valence-electron chi connectivity index (χ3n) is 1.32. The predicted molar refractivity (Wildman–Crippen MR) is 24.7 cm³/mol. The normalized spacial score (nSPS) is 34.7. The van der Waals surface area contributed by atoms with Crippen LogP contribution in [0.1, 0.15) is 13.3 Å². The molecular formula is C5H7F3O. The molecule has 0 radical (unpaired) electrons. The minimum absolute atomic E-state index is 0.0895. The van der Waals surface area contributed by atoms with Crippen LogP contribution in [0.2, 0.25) is 0 Å². The summed E-state index contributed by atoms with van der Waals surface area (Å²) < 4.78 is 37.6. The highest BCUT2D eigenvalue weighted by Crippen LogP contribution is 2.37. The van der Waals surface area contributed by atoms with Crippen molar-refractivity contribution in [2.24, 2.45) is 5.92 Å². The van der Waals surface area contributed by atoms with Crippen molar-refractivity contribution in [3.63, 3.8) is 0 Å². The van der Waals surface area contributed by atoms with Gasteiger partial charge in [0, 0.05) is 0 Å². The molecule has 0 bridgehead atoms. The standard InChI is InChI=1S/C5H7F3O/c1-3-2-4(3)9-5(6,7)8/h3-4H,2H2,1H3. The minimum Gasteiger partial charge on any atom is -0.288 e. The zero-order chi connectivity index (χ0) is 7.07. The summed E-state index contributed by atoms with van der Waals surface area (Å²) in [5, 5.41) is 0. The van der Waals surface area contributed by atoms with Crippen LogP contribution < -0.4 is 0 Å². The first-order valence-electron chi connectivity index (χ1n) is 2.73. The van der Waals surface area contributed by atoms with Crippen LogP contribution >= 0.6 is 0 Å². The topological polar surface area (TPSA) is 9.23 Å². The van der Waals surface area contributed by atoms with Crippen molar-refractivity contribution in [3.8, 4) is 0 Å². The second kappa shape index (κ2) is 1.87. The molecule has 1 saturated carbocycles. The van der Waals surface area contributed by atoms with Crippen LogP contribution in [-0.4, -0.2) is 12.5 Å².